The summed E-state index contributed by atoms with van der Waals surface area (Å²) in [4.78, 5) is 202. The number of anilines is 1. The zero-order chi connectivity index (χ0) is 76.1. The lowest BCUT2D eigenvalue weighted by Gasteiger charge is -2.39. The Morgan fingerprint density at radius 3 is 1.25 bits per heavy atom. The number of nitrogens with one attached hydrogen (secondary N) is 7. The number of para-hydroxylation sites is 1. The molecule has 0 radical (unpaired) electrons. The Morgan fingerprint density at radius 1 is 0.462 bits per heavy atom. The number of fused-ring (bicyclic) bond motifs is 6. The highest BCUT2D eigenvalue weighted by Crippen LogP contribution is 2.31. The maximum atomic E-state index is 14.5. The third kappa shape index (κ3) is 19.7. The largest absolute Gasteiger partial charge is 0.461 e. The maximum absolute atomic E-state index is 14.5. The van der Waals surface area contributed by atoms with Crippen LogP contribution in [0.3, 0.4) is 0 Å². The summed E-state index contributed by atoms with van der Waals surface area (Å²) >= 11 is 0. The predicted octanol–water partition coefficient (Wildman–Crippen LogP) is 2.85. The molecule has 0 saturated carbocycles. The number of piperidine rings is 2. The minimum Gasteiger partial charge on any atom is -0.461 e. The number of cyclic esters (lactones) is 2. The van der Waals surface area contributed by atoms with E-state index in [4.69, 9.17) is 14.2 Å². The van der Waals surface area contributed by atoms with Gasteiger partial charge in [0.15, 0.2) is 0 Å². The summed E-state index contributed by atoms with van der Waals surface area (Å²) in [7, 11) is 0. The average molecular weight is 1470 g/mol. The second kappa shape index (κ2) is 35.3. The van der Waals surface area contributed by atoms with Crippen LogP contribution in [0.25, 0.3) is 0 Å². The van der Waals surface area contributed by atoms with Crippen LogP contribution in [0.15, 0.2) is 91.0 Å². The molecule has 572 valence electrons. The van der Waals surface area contributed by atoms with Crippen LogP contribution in [-0.4, -0.2) is 243 Å². The molecular formula is C76H101N13O17. The molecule has 30 nitrogen and oxygen atoms in total. The molecule has 7 N–H and O–H groups in total. The number of alkyl carbamates (subject to hydrolysis) is 1. The van der Waals surface area contributed by atoms with E-state index in [1.807, 2.05) is 26.0 Å². The highest BCUT2D eigenvalue weighted by molar-refractivity contribution is 6.00. The van der Waals surface area contributed by atoms with Crippen LogP contribution in [0.2, 0.25) is 0 Å². The van der Waals surface area contributed by atoms with Crippen LogP contribution in [0, 0.1) is 11.8 Å². The Kier molecular flexibility index (Phi) is 26.1. The van der Waals surface area contributed by atoms with Gasteiger partial charge in [-0.25, -0.2) is 19.2 Å². The zero-order valence-electron chi connectivity index (χ0n) is 61.4. The SMILES string of the molecule is C[C@@H]1C[C@H]2C(=O)OC[C@H](NC(=O)[C@H](Cc3ccccc3)NC(=O)Nc3ccccc3)C(=O)N3CCC[C@H]3C(=O)N3CCCC[C@H]3C(=O)N[C@@H](C)C(=O)N2C1.C[C@@H]1C[C@H]2C(=O)OC[C@H](NC(=O)[C@H](Cc3ccccc3)NC(=O)OC(C)(C)C)C(=O)N3CCC[C@H]3C(=O)N3CCCC[C@H]3C(=O)N[C@@H](C)C(=O)N2C1. The standard InChI is InChI=1S/C39H49N7O8.C37H52N6O9/c1-24-20-32-38(52)54-23-29(42-33(47)28(21-26-12-5-3-6-13-26)43-39(53)41-27-14-7-4-8-15-27)36(50)45-19-11-17-31(45)37(51)44-18-10-9-16-30(44)34(48)40-25(2)35(49)46(32)22-24;1-22-18-29-35(49)51-21-26(39-30(44)25(19-24-12-7-6-8-13-24)40-36(50)52-37(3,4)5)33(47)42-17-11-15-28(42)34(48)41-16-10-9-14-27(41)31(45)38-23(2)32(46)43(29)20-22/h3-8,12-15,24-25,28-32H,9-11,16-23H2,1-2H3,(H,40,48)(H,42,47)(H2,41,43,53);6-8,12-13,22-23,25-29H,9-11,14-21H2,1-5H3,(H,38,45)(H,39,44)(H,40,50)/t24-,25+,28+,29+,30+,31+,32+;22-,23+,25+,26+,27+,28+,29+/m11/s1. The van der Waals surface area contributed by atoms with Crippen LogP contribution in [-0.2, 0) is 84.6 Å². The lowest BCUT2D eigenvalue weighted by Crippen LogP contribution is -2.62. The van der Waals surface area contributed by atoms with Crippen LogP contribution in [0.5, 0.6) is 0 Å². The number of rotatable bonds is 11. The molecule has 8 fully saturated rings. The Labute approximate surface area is 617 Å². The fourth-order valence-corrected chi connectivity index (χ4v) is 15.4. The quantitative estimate of drug-likeness (QED) is 0.107. The molecule has 0 spiro atoms. The first-order chi connectivity index (χ1) is 50.6. The Bertz CT molecular complexity index is 3730. The maximum Gasteiger partial charge on any atom is 0.408 e. The van der Waals surface area contributed by atoms with Crippen LogP contribution >= 0.6 is 0 Å². The third-order valence-electron chi connectivity index (χ3n) is 20.6. The van der Waals surface area contributed by atoms with Gasteiger partial charge in [-0.05, 0) is 147 Å². The first-order valence-corrected chi connectivity index (χ1v) is 37.2. The van der Waals surface area contributed by atoms with Crippen LogP contribution < -0.4 is 37.2 Å². The summed E-state index contributed by atoms with van der Waals surface area (Å²) < 4.78 is 16.9. The van der Waals surface area contributed by atoms with Crippen molar-refractivity contribution in [3.8, 4) is 0 Å². The van der Waals surface area contributed by atoms with E-state index in [0.717, 1.165) is 11.1 Å². The van der Waals surface area contributed by atoms with E-state index in [2.05, 4.69) is 37.2 Å². The van der Waals surface area contributed by atoms with Crippen molar-refractivity contribution >= 4 is 88.8 Å². The van der Waals surface area contributed by atoms with E-state index in [1.54, 1.807) is 113 Å². The van der Waals surface area contributed by atoms with Gasteiger partial charge in [-0.2, -0.15) is 0 Å². The lowest BCUT2D eigenvalue weighted by molar-refractivity contribution is -0.158. The van der Waals surface area contributed by atoms with E-state index >= 15 is 0 Å². The van der Waals surface area contributed by atoms with E-state index in [-0.39, 0.29) is 62.7 Å². The molecule has 11 rings (SSSR count). The molecule has 13 amide bonds. The number of carbonyl (C=O) groups is 14. The molecule has 0 bridgehead atoms. The summed E-state index contributed by atoms with van der Waals surface area (Å²) in [5, 5.41) is 19.1. The first-order valence-electron chi connectivity index (χ1n) is 37.2. The number of amides is 13. The zero-order valence-corrected chi connectivity index (χ0v) is 61.4. The lowest BCUT2D eigenvalue weighted by atomic mass is 9.99. The van der Waals surface area contributed by atoms with Crippen molar-refractivity contribution in [1.29, 1.82) is 0 Å². The van der Waals surface area contributed by atoms with Gasteiger partial charge in [-0.3, -0.25) is 47.9 Å². The van der Waals surface area contributed by atoms with Crippen molar-refractivity contribution in [2.24, 2.45) is 11.8 Å². The van der Waals surface area contributed by atoms with Crippen molar-refractivity contribution in [3.63, 3.8) is 0 Å². The van der Waals surface area contributed by atoms with Gasteiger partial charge in [0.25, 0.3) is 0 Å². The summed E-state index contributed by atoms with van der Waals surface area (Å²) in [6.45, 7) is 12.4. The molecule has 8 saturated heterocycles. The summed E-state index contributed by atoms with van der Waals surface area (Å²) in [6.07, 6.45) is 5.23. The molecule has 8 aliphatic heterocycles. The summed E-state index contributed by atoms with van der Waals surface area (Å²) in [5.74, 6) is -6.91. The van der Waals surface area contributed by atoms with E-state index in [1.165, 1.54) is 29.4 Å². The number of urea groups is 1. The minimum absolute atomic E-state index is 0.0434. The van der Waals surface area contributed by atoms with Crippen LogP contribution in [0.1, 0.15) is 137 Å². The topological polar surface area (TPSA) is 370 Å². The molecule has 0 aromatic heterocycles. The Hall–Kier alpha value is -10.2. The second-order valence-corrected chi connectivity index (χ2v) is 30.1. The van der Waals surface area contributed by atoms with Gasteiger partial charge < -0.3 is 80.8 Å². The Morgan fingerprint density at radius 2 is 0.840 bits per heavy atom. The van der Waals surface area contributed by atoms with Gasteiger partial charge in [0, 0.05) is 57.8 Å². The van der Waals surface area contributed by atoms with Gasteiger partial charge >= 0.3 is 24.1 Å². The smallest absolute Gasteiger partial charge is 0.408 e. The van der Waals surface area contributed by atoms with Gasteiger partial charge in [0.1, 0.15) is 91.3 Å². The van der Waals surface area contributed by atoms with Crippen molar-refractivity contribution in [2.75, 3.05) is 57.8 Å². The molecule has 14 atom stereocenters. The van der Waals surface area contributed by atoms with Crippen molar-refractivity contribution < 1.29 is 81.3 Å². The third-order valence-corrected chi connectivity index (χ3v) is 20.6. The average Bonchev–Trinajstić information content (AvgIpc) is 1.52. The fraction of sp³-hybridized carbons (Fsp3) is 0.579. The molecular weight excluding hydrogens is 1370 g/mol. The highest BCUT2D eigenvalue weighted by Gasteiger charge is 2.49. The minimum atomic E-state index is -1.43. The molecule has 3 aromatic carbocycles. The molecule has 8 aliphatic rings. The number of esters is 2. The monoisotopic (exact) mass is 1470 g/mol. The number of benzene rings is 3. The Balaban J connectivity index is 0.000000227. The molecule has 0 unspecified atom stereocenters. The van der Waals surface area contributed by atoms with E-state index < -0.39 is 163 Å². The van der Waals surface area contributed by atoms with Crippen molar-refractivity contribution in [2.45, 2.75) is 216 Å². The number of nitrogens with zero attached hydrogens (tertiary/aromatic N) is 6. The molecule has 8 heterocycles. The second-order valence-electron chi connectivity index (χ2n) is 30.1. The van der Waals surface area contributed by atoms with Crippen LogP contribution in [0.4, 0.5) is 15.3 Å². The van der Waals surface area contributed by atoms with Gasteiger partial charge in [0.05, 0.1) is 0 Å². The number of ether oxygens (including phenoxy) is 3. The van der Waals surface area contributed by atoms with Crippen molar-refractivity contribution in [3.05, 3.63) is 102 Å². The summed E-state index contributed by atoms with van der Waals surface area (Å²) in [5.41, 5.74) is 1.14. The highest BCUT2D eigenvalue weighted by atomic mass is 16.6. The van der Waals surface area contributed by atoms with Gasteiger partial charge in [-0.15, -0.1) is 0 Å². The molecule has 30 heteroatoms. The first kappa shape index (κ1) is 78.4. The molecule has 106 heavy (non-hydrogen) atoms. The number of hydrogen-bond acceptors (Lipinski definition) is 17. The number of hydrogen-bond donors (Lipinski definition) is 7. The fourth-order valence-electron chi connectivity index (χ4n) is 15.4. The van der Waals surface area contributed by atoms with Gasteiger partial charge in [-0.1, -0.05) is 92.7 Å². The van der Waals surface area contributed by atoms with Gasteiger partial charge in [0.2, 0.25) is 59.1 Å². The predicted molar refractivity (Wildman–Crippen MR) is 384 cm³/mol. The van der Waals surface area contributed by atoms with Crippen molar-refractivity contribution in [1.82, 2.24) is 61.3 Å². The molecule has 3 aromatic rings. The van der Waals surface area contributed by atoms with E-state index in [9.17, 15) is 67.1 Å². The molecule has 0 aliphatic carbocycles. The van der Waals surface area contributed by atoms with E-state index in [0.29, 0.717) is 95.8 Å². The normalized spacial score (nSPS) is 27.7. The number of carbonyl (C=O) groups excluding carboxylic acids is 14. The summed E-state index contributed by atoms with van der Waals surface area (Å²) in [6, 6.07) is 13.6.